The lowest BCUT2D eigenvalue weighted by molar-refractivity contribution is -0.134. The largest absolute Gasteiger partial charge is 0.379 e. The third-order valence-corrected chi connectivity index (χ3v) is 5.67. The van der Waals surface area contributed by atoms with Crippen LogP contribution >= 0.6 is 0 Å². The van der Waals surface area contributed by atoms with Crippen LogP contribution in [0.5, 0.6) is 0 Å². The molecule has 3 rings (SSSR count). The van der Waals surface area contributed by atoms with Gasteiger partial charge in [-0.2, -0.15) is 0 Å². The number of rotatable bonds is 4. The molecule has 0 aromatic rings. The second-order valence-corrected chi connectivity index (χ2v) is 6.94. The summed E-state index contributed by atoms with van der Waals surface area (Å²) >= 11 is 0. The summed E-state index contributed by atoms with van der Waals surface area (Å²) in [4.78, 5) is 17.3. The molecule has 1 aliphatic carbocycles. The van der Waals surface area contributed by atoms with Crippen LogP contribution in [0.2, 0.25) is 0 Å². The highest BCUT2D eigenvalue weighted by atomic mass is 16.5. The van der Waals surface area contributed by atoms with E-state index in [4.69, 9.17) is 10.5 Å². The average Bonchev–Trinajstić information content (AvgIpc) is 3.18. The number of carbonyl (C=O) groups is 1. The summed E-state index contributed by atoms with van der Waals surface area (Å²) in [5.74, 6) is 0.858. The Labute approximate surface area is 127 Å². The van der Waals surface area contributed by atoms with Crippen LogP contribution in [0, 0.1) is 5.92 Å². The number of ether oxygens (including phenoxy) is 1. The molecule has 0 aromatic carbocycles. The lowest BCUT2D eigenvalue weighted by Gasteiger charge is -2.43. The van der Waals surface area contributed by atoms with Crippen LogP contribution < -0.4 is 5.73 Å². The van der Waals surface area contributed by atoms with Crippen molar-refractivity contribution in [2.75, 3.05) is 45.9 Å². The number of nitrogens with two attached hydrogens (primary N) is 1. The van der Waals surface area contributed by atoms with Crippen LogP contribution in [-0.2, 0) is 9.53 Å². The van der Waals surface area contributed by atoms with Crippen molar-refractivity contribution in [3.63, 3.8) is 0 Å². The SMILES string of the molecule is NCC1CCN(C(=O)CC2(N3CCOCC3)CCCC2)C1. The summed E-state index contributed by atoms with van der Waals surface area (Å²) in [7, 11) is 0. The number of nitrogens with zero attached hydrogens (tertiary/aromatic N) is 2. The Morgan fingerprint density at radius 3 is 2.52 bits per heavy atom. The van der Waals surface area contributed by atoms with Crippen molar-refractivity contribution in [3.8, 4) is 0 Å². The molecule has 1 saturated carbocycles. The van der Waals surface area contributed by atoms with Crippen LogP contribution in [-0.4, -0.2) is 67.2 Å². The fraction of sp³-hybridized carbons (Fsp3) is 0.938. The second-order valence-electron chi connectivity index (χ2n) is 6.94. The Hall–Kier alpha value is -0.650. The summed E-state index contributed by atoms with van der Waals surface area (Å²) in [6.45, 7) is 6.08. The Kier molecular flexibility index (Phi) is 4.82. The van der Waals surface area contributed by atoms with Gasteiger partial charge in [0.05, 0.1) is 13.2 Å². The van der Waals surface area contributed by atoms with E-state index in [2.05, 4.69) is 9.80 Å². The van der Waals surface area contributed by atoms with Crippen molar-refractivity contribution in [2.24, 2.45) is 11.7 Å². The van der Waals surface area contributed by atoms with E-state index >= 15 is 0 Å². The molecule has 1 unspecified atom stereocenters. The molecule has 2 N–H and O–H groups in total. The molecule has 0 bridgehead atoms. The smallest absolute Gasteiger partial charge is 0.224 e. The zero-order valence-corrected chi connectivity index (χ0v) is 13.1. The zero-order valence-electron chi connectivity index (χ0n) is 13.1. The molecule has 1 amide bonds. The summed E-state index contributed by atoms with van der Waals surface area (Å²) < 4.78 is 5.49. The van der Waals surface area contributed by atoms with Gasteiger partial charge in [-0.1, -0.05) is 12.8 Å². The second kappa shape index (κ2) is 6.63. The lowest BCUT2D eigenvalue weighted by Crippen LogP contribution is -2.54. The Morgan fingerprint density at radius 1 is 1.19 bits per heavy atom. The molecule has 120 valence electrons. The Morgan fingerprint density at radius 2 is 1.90 bits per heavy atom. The normalized spacial score (nSPS) is 30.0. The summed E-state index contributed by atoms with van der Waals surface area (Å²) in [5.41, 5.74) is 5.86. The molecule has 1 atom stereocenters. The number of carbonyl (C=O) groups excluding carboxylic acids is 1. The minimum atomic E-state index is 0.113. The maximum absolute atomic E-state index is 12.7. The van der Waals surface area contributed by atoms with Crippen molar-refractivity contribution >= 4 is 5.91 Å². The van der Waals surface area contributed by atoms with Gasteiger partial charge < -0.3 is 15.4 Å². The zero-order chi connectivity index (χ0) is 14.7. The summed E-state index contributed by atoms with van der Waals surface area (Å²) in [6, 6.07) is 0. The Bertz CT molecular complexity index is 363. The van der Waals surface area contributed by atoms with Gasteiger partial charge in [0, 0.05) is 38.1 Å². The third kappa shape index (κ3) is 3.25. The number of hydrogen-bond donors (Lipinski definition) is 1. The van der Waals surface area contributed by atoms with Gasteiger partial charge >= 0.3 is 0 Å². The van der Waals surface area contributed by atoms with Gasteiger partial charge in [-0.15, -0.1) is 0 Å². The van der Waals surface area contributed by atoms with E-state index in [-0.39, 0.29) is 5.54 Å². The highest BCUT2D eigenvalue weighted by Gasteiger charge is 2.43. The highest BCUT2D eigenvalue weighted by molar-refractivity contribution is 5.77. The maximum Gasteiger partial charge on any atom is 0.224 e. The van der Waals surface area contributed by atoms with Gasteiger partial charge in [-0.3, -0.25) is 9.69 Å². The predicted octanol–water partition coefficient (Wildman–Crippen LogP) is 0.829. The van der Waals surface area contributed by atoms with Crippen molar-refractivity contribution in [1.29, 1.82) is 0 Å². The first-order chi connectivity index (χ1) is 10.2. The molecule has 3 aliphatic rings. The fourth-order valence-electron chi connectivity index (χ4n) is 4.32. The third-order valence-electron chi connectivity index (χ3n) is 5.67. The van der Waals surface area contributed by atoms with Gasteiger partial charge in [-0.05, 0) is 31.7 Å². The first-order valence-corrected chi connectivity index (χ1v) is 8.54. The summed E-state index contributed by atoms with van der Waals surface area (Å²) in [6.07, 6.45) is 6.64. The van der Waals surface area contributed by atoms with Crippen LogP contribution in [0.3, 0.4) is 0 Å². The van der Waals surface area contributed by atoms with E-state index in [0.29, 0.717) is 24.8 Å². The van der Waals surface area contributed by atoms with Gasteiger partial charge in [-0.25, -0.2) is 0 Å². The van der Waals surface area contributed by atoms with E-state index in [1.54, 1.807) is 0 Å². The van der Waals surface area contributed by atoms with Crippen LogP contribution in [0.25, 0.3) is 0 Å². The van der Waals surface area contributed by atoms with Crippen LogP contribution in [0.4, 0.5) is 0 Å². The number of likely N-dealkylation sites (tertiary alicyclic amines) is 1. The van der Waals surface area contributed by atoms with Gasteiger partial charge in [0.2, 0.25) is 5.91 Å². The maximum atomic E-state index is 12.7. The van der Waals surface area contributed by atoms with E-state index in [1.807, 2.05) is 0 Å². The molecule has 2 aliphatic heterocycles. The fourth-order valence-corrected chi connectivity index (χ4v) is 4.32. The monoisotopic (exact) mass is 295 g/mol. The van der Waals surface area contributed by atoms with Gasteiger partial charge in [0.15, 0.2) is 0 Å². The van der Waals surface area contributed by atoms with Crippen molar-refractivity contribution in [2.45, 2.75) is 44.1 Å². The van der Waals surface area contributed by atoms with Crippen molar-refractivity contribution < 1.29 is 9.53 Å². The number of amides is 1. The van der Waals surface area contributed by atoms with E-state index in [0.717, 1.165) is 45.8 Å². The number of hydrogen-bond acceptors (Lipinski definition) is 4. The standard InChI is InChI=1S/C16H29N3O2/c17-12-14-3-6-18(13-14)15(20)11-16(4-1-2-5-16)19-7-9-21-10-8-19/h14H,1-13,17H2. The number of morpholine rings is 1. The minimum Gasteiger partial charge on any atom is -0.379 e. The van der Waals surface area contributed by atoms with Crippen molar-refractivity contribution in [1.82, 2.24) is 9.80 Å². The van der Waals surface area contributed by atoms with E-state index in [9.17, 15) is 4.79 Å². The topological polar surface area (TPSA) is 58.8 Å². The average molecular weight is 295 g/mol. The molecule has 21 heavy (non-hydrogen) atoms. The molecule has 2 heterocycles. The molecule has 5 heteroatoms. The van der Waals surface area contributed by atoms with Crippen LogP contribution in [0.15, 0.2) is 0 Å². The first-order valence-electron chi connectivity index (χ1n) is 8.54. The van der Waals surface area contributed by atoms with Crippen molar-refractivity contribution in [3.05, 3.63) is 0 Å². The molecule has 5 nitrogen and oxygen atoms in total. The molecule has 2 saturated heterocycles. The molecule has 0 radical (unpaired) electrons. The Balaban J connectivity index is 1.63. The van der Waals surface area contributed by atoms with Gasteiger partial charge in [0.1, 0.15) is 0 Å². The predicted molar refractivity (Wildman–Crippen MR) is 81.9 cm³/mol. The molecular formula is C16H29N3O2. The molecule has 0 aromatic heterocycles. The molecule has 0 spiro atoms. The van der Waals surface area contributed by atoms with E-state index in [1.165, 1.54) is 25.7 Å². The first kappa shape index (κ1) is 15.3. The minimum absolute atomic E-state index is 0.113. The molecule has 3 fully saturated rings. The van der Waals surface area contributed by atoms with E-state index < -0.39 is 0 Å². The highest BCUT2D eigenvalue weighted by Crippen LogP contribution is 2.39. The molecular weight excluding hydrogens is 266 g/mol. The quantitative estimate of drug-likeness (QED) is 0.834. The lowest BCUT2D eigenvalue weighted by atomic mass is 9.89. The van der Waals surface area contributed by atoms with Gasteiger partial charge in [0.25, 0.3) is 0 Å². The summed E-state index contributed by atoms with van der Waals surface area (Å²) in [5, 5.41) is 0. The van der Waals surface area contributed by atoms with Crippen LogP contribution in [0.1, 0.15) is 38.5 Å².